The van der Waals surface area contributed by atoms with Gasteiger partial charge in [-0.2, -0.15) is 0 Å². The Balaban J connectivity index is 2.58. The van der Waals surface area contributed by atoms with E-state index in [1.54, 1.807) is 18.3 Å². The molecule has 70 valence electrons. The lowest BCUT2D eigenvalue weighted by atomic mass is 10.1. The number of hydrogen-bond acceptors (Lipinski definition) is 4. The second-order valence-electron chi connectivity index (χ2n) is 2.84. The molecule has 13 heavy (non-hydrogen) atoms. The average Bonchev–Trinajstić information content (AvgIpc) is 2.04. The SMILES string of the molecule is NCCC(=O)Cc1ccnc(N)c1. The highest BCUT2D eigenvalue weighted by Gasteiger charge is 2.02. The van der Waals surface area contributed by atoms with E-state index in [0.29, 0.717) is 25.2 Å². The van der Waals surface area contributed by atoms with Crippen molar-refractivity contribution >= 4 is 11.6 Å². The Bertz CT molecular complexity index is 299. The minimum absolute atomic E-state index is 0.133. The van der Waals surface area contributed by atoms with E-state index in [9.17, 15) is 4.79 Å². The Kier molecular flexibility index (Phi) is 3.40. The summed E-state index contributed by atoms with van der Waals surface area (Å²) in [5.41, 5.74) is 11.6. The molecule has 0 fully saturated rings. The Morgan fingerprint density at radius 2 is 2.31 bits per heavy atom. The molecule has 0 radical (unpaired) electrons. The fourth-order valence-corrected chi connectivity index (χ4v) is 1.08. The first-order valence-corrected chi connectivity index (χ1v) is 4.14. The number of hydrogen-bond donors (Lipinski definition) is 2. The van der Waals surface area contributed by atoms with Gasteiger partial charge in [0.05, 0.1) is 0 Å². The molecule has 4 N–H and O–H groups in total. The average molecular weight is 179 g/mol. The number of carbonyl (C=O) groups excluding carboxylic acids is 1. The van der Waals surface area contributed by atoms with E-state index in [0.717, 1.165) is 5.56 Å². The summed E-state index contributed by atoms with van der Waals surface area (Å²) >= 11 is 0. The Hall–Kier alpha value is -1.42. The number of nitrogens with two attached hydrogens (primary N) is 2. The highest BCUT2D eigenvalue weighted by molar-refractivity contribution is 5.81. The summed E-state index contributed by atoms with van der Waals surface area (Å²) in [5, 5.41) is 0. The number of ketones is 1. The number of nitrogen functional groups attached to an aromatic ring is 1. The maximum absolute atomic E-state index is 11.2. The molecule has 0 aromatic carbocycles. The number of rotatable bonds is 4. The molecule has 0 aliphatic heterocycles. The maximum atomic E-state index is 11.2. The van der Waals surface area contributed by atoms with Crippen molar-refractivity contribution in [3.8, 4) is 0 Å². The first kappa shape index (κ1) is 9.67. The van der Waals surface area contributed by atoms with Gasteiger partial charge in [0.2, 0.25) is 0 Å². The Labute approximate surface area is 77.0 Å². The van der Waals surface area contributed by atoms with Crippen LogP contribution in [0.3, 0.4) is 0 Å². The van der Waals surface area contributed by atoms with E-state index in [1.807, 2.05) is 0 Å². The van der Waals surface area contributed by atoms with Gasteiger partial charge in [-0.3, -0.25) is 4.79 Å². The first-order valence-electron chi connectivity index (χ1n) is 4.14. The third-order valence-corrected chi connectivity index (χ3v) is 1.67. The molecule has 0 aliphatic rings. The van der Waals surface area contributed by atoms with Gasteiger partial charge in [0.15, 0.2) is 0 Å². The van der Waals surface area contributed by atoms with Crippen molar-refractivity contribution in [1.29, 1.82) is 0 Å². The third kappa shape index (κ3) is 3.21. The van der Waals surface area contributed by atoms with Gasteiger partial charge in [-0.05, 0) is 24.2 Å². The standard InChI is InChI=1S/C9H13N3O/c10-3-1-8(13)5-7-2-4-12-9(11)6-7/h2,4,6H,1,3,5,10H2,(H2,11,12). The fourth-order valence-electron chi connectivity index (χ4n) is 1.08. The maximum Gasteiger partial charge on any atom is 0.138 e. The van der Waals surface area contributed by atoms with Gasteiger partial charge in [-0.25, -0.2) is 4.98 Å². The van der Waals surface area contributed by atoms with Crippen LogP contribution in [0.25, 0.3) is 0 Å². The lowest BCUT2D eigenvalue weighted by molar-refractivity contribution is -0.118. The smallest absolute Gasteiger partial charge is 0.138 e. The molecule has 4 nitrogen and oxygen atoms in total. The summed E-state index contributed by atoms with van der Waals surface area (Å²) in [7, 11) is 0. The number of nitrogens with zero attached hydrogens (tertiary/aromatic N) is 1. The monoisotopic (exact) mass is 179 g/mol. The number of pyridine rings is 1. The highest BCUT2D eigenvalue weighted by atomic mass is 16.1. The quantitative estimate of drug-likeness (QED) is 0.688. The molecule has 0 aliphatic carbocycles. The minimum Gasteiger partial charge on any atom is -0.384 e. The Morgan fingerprint density at radius 3 is 2.92 bits per heavy atom. The summed E-state index contributed by atoms with van der Waals surface area (Å²) in [4.78, 5) is 15.0. The molecule has 1 aromatic rings. The molecule has 1 heterocycles. The van der Waals surface area contributed by atoms with E-state index < -0.39 is 0 Å². The zero-order valence-electron chi connectivity index (χ0n) is 7.36. The molecule has 0 saturated heterocycles. The third-order valence-electron chi connectivity index (χ3n) is 1.67. The van der Waals surface area contributed by atoms with Gasteiger partial charge in [0.25, 0.3) is 0 Å². The van der Waals surface area contributed by atoms with Crippen molar-refractivity contribution in [2.45, 2.75) is 12.8 Å². The summed E-state index contributed by atoms with van der Waals surface area (Å²) in [6.45, 7) is 0.402. The number of carbonyl (C=O) groups is 1. The Morgan fingerprint density at radius 1 is 1.54 bits per heavy atom. The second kappa shape index (κ2) is 4.57. The molecule has 1 aromatic heterocycles. The van der Waals surface area contributed by atoms with Gasteiger partial charge < -0.3 is 11.5 Å². The summed E-state index contributed by atoms with van der Waals surface area (Å²) < 4.78 is 0. The zero-order chi connectivity index (χ0) is 9.68. The molecule has 0 unspecified atom stereocenters. The van der Waals surface area contributed by atoms with Crippen molar-refractivity contribution in [3.63, 3.8) is 0 Å². The summed E-state index contributed by atoms with van der Waals surface area (Å²) in [6.07, 6.45) is 2.41. The van der Waals surface area contributed by atoms with E-state index in [2.05, 4.69) is 4.98 Å². The number of anilines is 1. The molecule has 0 amide bonds. The largest absolute Gasteiger partial charge is 0.384 e. The van der Waals surface area contributed by atoms with Crippen LogP contribution in [0.5, 0.6) is 0 Å². The van der Waals surface area contributed by atoms with Crippen LogP contribution in [0.15, 0.2) is 18.3 Å². The number of aromatic nitrogens is 1. The molecule has 0 bridgehead atoms. The van der Waals surface area contributed by atoms with Crippen LogP contribution in [-0.4, -0.2) is 17.3 Å². The van der Waals surface area contributed by atoms with Crippen LogP contribution in [0.4, 0.5) is 5.82 Å². The zero-order valence-corrected chi connectivity index (χ0v) is 7.36. The van der Waals surface area contributed by atoms with Gasteiger partial charge in [-0.1, -0.05) is 0 Å². The topological polar surface area (TPSA) is 82.0 Å². The van der Waals surface area contributed by atoms with Gasteiger partial charge in [0, 0.05) is 19.0 Å². The normalized spacial score (nSPS) is 9.92. The summed E-state index contributed by atoms with van der Waals surface area (Å²) in [6, 6.07) is 3.49. The van der Waals surface area contributed by atoms with Crippen LogP contribution in [0, 0.1) is 0 Å². The van der Waals surface area contributed by atoms with Crippen molar-refractivity contribution in [2.75, 3.05) is 12.3 Å². The minimum atomic E-state index is 0.133. The molecule has 1 rings (SSSR count). The van der Waals surface area contributed by atoms with E-state index in [1.165, 1.54) is 0 Å². The lowest BCUT2D eigenvalue weighted by Crippen LogP contribution is -2.10. The van der Waals surface area contributed by atoms with Crippen LogP contribution < -0.4 is 11.5 Å². The van der Waals surface area contributed by atoms with Gasteiger partial charge in [0.1, 0.15) is 11.6 Å². The summed E-state index contributed by atoms with van der Waals surface area (Å²) in [5.74, 6) is 0.575. The van der Waals surface area contributed by atoms with Crippen molar-refractivity contribution < 1.29 is 4.79 Å². The predicted octanol–water partition coefficient (Wildman–Crippen LogP) is 0.124. The van der Waals surface area contributed by atoms with E-state index in [-0.39, 0.29) is 5.78 Å². The number of Topliss-reactive ketones (excluding diaryl/α,β-unsaturated/α-hetero) is 1. The van der Waals surface area contributed by atoms with Crippen molar-refractivity contribution in [1.82, 2.24) is 4.98 Å². The molecular weight excluding hydrogens is 166 g/mol. The molecule has 0 atom stereocenters. The van der Waals surface area contributed by atoms with E-state index >= 15 is 0 Å². The van der Waals surface area contributed by atoms with Gasteiger partial charge in [-0.15, -0.1) is 0 Å². The molecule has 4 heteroatoms. The lowest BCUT2D eigenvalue weighted by Gasteiger charge is -2.00. The van der Waals surface area contributed by atoms with Crippen LogP contribution in [0.2, 0.25) is 0 Å². The first-order chi connectivity index (χ1) is 6.22. The van der Waals surface area contributed by atoms with Crippen LogP contribution >= 0.6 is 0 Å². The van der Waals surface area contributed by atoms with Gasteiger partial charge >= 0.3 is 0 Å². The molecule has 0 saturated carbocycles. The van der Waals surface area contributed by atoms with Crippen molar-refractivity contribution in [3.05, 3.63) is 23.9 Å². The van der Waals surface area contributed by atoms with Crippen LogP contribution in [0.1, 0.15) is 12.0 Å². The molecule has 0 spiro atoms. The van der Waals surface area contributed by atoms with Crippen molar-refractivity contribution in [2.24, 2.45) is 5.73 Å². The van der Waals surface area contributed by atoms with E-state index in [4.69, 9.17) is 11.5 Å². The second-order valence-corrected chi connectivity index (χ2v) is 2.84. The fraction of sp³-hybridized carbons (Fsp3) is 0.333. The highest BCUT2D eigenvalue weighted by Crippen LogP contribution is 2.04. The van der Waals surface area contributed by atoms with Crippen LogP contribution in [-0.2, 0) is 11.2 Å². The molecular formula is C9H13N3O. The predicted molar refractivity (Wildman–Crippen MR) is 51.0 cm³/mol.